The predicted molar refractivity (Wildman–Crippen MR) is 91.5 cm³/mol. The number of nitrogens with zero attached hydrogens (tertiary/aromatic N) is 1. The van der Waals surface area contributed by atoms with Crippen LogP contribution in [-0.2, 0) is 4.74 Å². The maximum absolute atomic E-state index is 10.2. The third-order valence-corrected chi connectivity index (χ3v) is 4.20. The first-order valence-corrected chi connectivity index (χ1v) is 8.53. The molecule has 0 bridgehead atoms. The van der Waals surface area contributed by atoms with Crippen molar-refractivity contribution in [2.45, 2.75) is 52.4 Å². The zero-order valence-corrected chi connectivity index (χ0v) is 15.1. The van der Waals surface area contributed by atoms with Gasteiger partial charge < -0.3 is 9.84 Å². The number of halogens is 1. The molecule has 21 heavy (non-hydrogen) atoms. The fourth-order valence-corrected chi connectivity index (χ4v) is 2.98. The van der Waals surface area contributed by atoms with Crippen LogP contribution in [0.25, 0.3) is 0 Å². The minimum Gasteiger partial charge on any atom is -0.389 e. The van der Waals surface area contributed by atoms with Crippen molar-refractivity contribution in [3.05, 3.63) is 34.3 Å². The van der Waals surface area contributed by atoms with Gasteiger partial charge in [-0.3, -0.25) is 4.90 Å². The molecule has 0 radical (unpaired) electrons. The summed E-state index contributed by atoms with van der Waals surface area (Å²) in [5, 5.41) is 10.2. The molecule has 2 unspecified atom stereocenters. The van der Waals surface area contributed by atoms with E-state index in [0.29, 0.717) is 13.2 Å². The lowest BCUT2D eigenvalue weighted by Gasteiger charge is -2.31. The van der Waals surface area contributed by atoms with E-state index in [2.05, 4.69) is 52.9 Å². The van der Waals surface area contributed by atoms with Crippen LogP contribution < -0.4 is 0 Å². The van der Waals surface area contributed by atoms with E-state index in [4.69, 9.17) is 4.74 Å². The maximum atomic E-state index is 10.2. The van der Waals surface area contributed by atoms with Crippen molar-refractivity contribution in [3.8, 4) is 0 Å². The molecule has 0 saturated carbocycles. The highest BCUT2D eigenvalue weighted by atomic mass is 79.9. The summed E-state index contributed by atoms with van der Waals surface area (Å²) in [6, 6.07) is 8.53. The van der Waals surface area contributed by atoms with Gasteiger partial charge in [-0.05, 0) is 45.4 Å². The lowest BCUT2D eigenvalue weighted by molar-refractivity contribution is -0.0135. The Morgan fingerprint density at radius 3 is 2.48 bits per heavy atom. The zero-order valence-electron chi connectivity index (χ0n) is 13.6. The third kappa shape index (κ3) is 6.47. The van der Waals surface area contributed by atoms with E-state index in [0.717, 1.165) is 17.4 Å². The van der Waals surface area contributed by atoms with Crippen LogP contribution in [0, 0.1) is 0 Å². The van der Waals surface area contributed by atoms with Crippen LogP contribution >= 0.6 is 15.9 Å². The first kappa shape index (κ1) is 18.6. The Morgan fingerprint density at radius 1 is 1.24 bits per heavy atom. The third-order valence-electron chi connectivity index (χ3n) is 3.48. The molecule has 1 aromatic carbocycles. The van der Waals surface area contributed by atoms with Crippen molar-refractivity contribution < 1.29 is 9.84 Å². The van der Waals surface area contributed by atoms with Crippen molar-refractivity contribution in [1.29, 1.82) is 0 Å². The zero-order chi connectivity index (χ0) is 15.8. The minimum atomic E-state index is -0.455. The van der Waals surface area contributed by atoms with Crippen molar-refractivity contribution in [2.75, 3.05) is 19.7 Å². The number of rotatable bonds is 9. The molecular formula is C17H28BrNO2. The van der Waals surface area contributed by atoms with Crippen LogP contribution in [0.15, 0.2) is 28.7 Å². The summed E-state index contributed by atoms with van der Waals surface area (Å²) >= 11 is 3.62. The van der Waals surface area contributed by atoms with Gasteiger partial charge in [-0.15, -0.1) is 0 Å². The molecule has 0 saturated heterocycles. The Labute approximate surface area is 137 Å². The van der Waals surface area contributed by atoms with Gasteiger partial charge in [0.05, 0.1) is 18.8 Å². The maximum Gasteiger partial charge on any atom is 0.0900 e. The molecule has 1 aromatic rings. The van der Waals surface area contributed by atoms with Crippen LogP contribution in [0.2, 0.25) is 0 Å². The standard InChI is InChI=1S/C17H28BrNO2/c1-5-10-19(11-15(20)12-21-13(2)3)14(4)16-8-6-7-9-17(16)18/h6-9,13-15,20H,5,10-12H2,1-4H3. The Hall–Kier alpha value is -0.420. The Balaban J connectivity index is 2.69. The Bertz CT molecular complexity index is 412. The number of aliphatic hydroxyl groups is 1. The SMILES string of the molecule is CCCN(CC(O)COC(C)C)C(C)c1ccccc1Br. The average Bonchev–Trinajstić information content (AvgIpc) is 2.44. The lowest BCUT2D eigenvalue weighted by Crippen LogP contribution is -2.37. The van der Waals surface area contributed by atoms with Gasteiger partial charge in [0.15, 0.2) is 0 Å². The highest BCUT2D eigenvalue weighted by Crippen LogP contribution is 2.27. The molecule has 0 spiro atoms. The van der Waals surface area contributed by atoms with E-state index in [9.17, 15) is 5.11 Å². The molecular weight excluding hydrogens is 330 g/mol. The van der Waals surface area contributed by atoms with E-state index in [1.54, 1.807) is 0 Å². The van der Waals surface area contributed by atoms with Gasteiger partial charge >= 0.3 is 0 Å². The van der Waals surface area contributed by atoms with Gasteiger partial charge in [0, 0.05) is 17.1 Å². The monoisotopic (exact) mass is 357 g/mol. The summed E-state index contributed by atoms with van der Waals surface area (Å²) in [7, 11) is 0. The number of ether oxygens (including phenoxy) is 1. The van der Waals surface area contributed by atoms with E-state index < -0.39 is 6.10 Å². The van der Waals surface area contributed by atoms with Crippen molar-refractivity contribution in [1.82, 2.24) is 4.90 Å². The van der Waals surface area contributed by atoms with Gasteiger partial charge in [-0.2, -0.15) is 0 Å². The first-order valence-electron chi connectivity index (χ1n) is 7.73. The Kier molecular flexibility index (Phi) is 8.49. The molecule has 0 amide bonds. The molecule has 0 aliphatic heterocycles. The van der Waals surface area contributed by atoms with Gasteiger partial charge in [-0.1, -0.05) is 41.1 Å². The van der Waals surface area contributed by atoms with E-state index in [-0.39, 0.29) is 12.1 Å². The number of hydrogen-bond donors (Lipinski definition) is 1. The van der Waals surface area contributed by atoms with Gasteiger partial charge in [0.2, 0.25) is 0 Å². The van der Waals surface area contributed by atoms with Crippen LogP contribution in [-0.4, -0.2) is 41.9 Å². The number of hydrogen-bond acceptors (Lipinski definition) is 3. The van der Waals surface area contributed by atoms with Gasteiger partial charge in [0.1, 0.15) is 0 Å². The molecule has 4 heteroatoms. The van der Waals surface area contributed by atoms with Crippen molar-refractivity contribution in [3.63, 3.8) is 0 Å². The van der Waals surface area contributed by atoms with Crippen LogP contribution in [0.5, 0.6) is 0 Å². The number of aliphatic hydroxyl groups excluding tert-OH is 1. The van der Waals surface area contributed by atoms with Gasteiger partial charge in [0.25, 0.3) is 0 Å². The molecule has 0 aliphatic carbocycles. The molecule has 0 aromatic heterocycles. The molecule has 0 aliphatic rings. The minimum absolute atomic E-state index is 0.153. The lowest BCUT2D eigenvalue weighted by atomic mass is 10.1. The quantitative estimate of drug-likeness (QED) is 0.724. The van der Waals surface area contributed by atoms with Crippen molar-refractivity contribution >= 4 is 15.9 Å². The molecule has 1 N–H and O–H groups in total. The highest BCUT2D eigenvalue weighted by Gasteiger charge is 2.20. The topological polar surface area (TPSA) is 32.7 Å². The second-order valence-corrected chi connectivity index (χ2v) is 6.58. The molecule has 1 rings (SSSR count). The van der Waals surface area contributed by atoms with Gasteiger partial charge in [-0.25, -0.2) is 0 Å². The molecule has 0 heterocycles. The summed E-state index contributed by atoms with van der Waals surface area (Å²) in [6.45, 7) is 10.3. The summed E-state index contributed by atoms with van der Waals surface area (Å²) in [6.07, 6.45) is 0.760. The number of benzene rings is 1. The molecule has 3 nitrogen and oxygen atoms in total. The highest BCUT2D eigenvalue weighted by molar-refractivity contribution is 9.10. The summed E-state index contributed by atoms with van der Waals surface area (Å²) < 4.78 is 6.62. The first-order chi connectivity index (χ1) is 9.95. The van der Waals surface area contributed by atoms with Crippen LogP contribution in [0.1, 0.15) is 45.7 Å². The summed E-state index contributed by atoms with van der Waals surface area (Å²) in [5.74, 6) is 0. The van der Waals surface area contributed by atoms with Crippen LogP contribution in [0.3, 0.4) is 0 Å². The van der Waals surface area contributed by atoms with Crippen molar-refractivity contribution in [2.24, 2.45) is 0 Å². The molecule has 0 fully saturated rings. The smallest absolute Gasteiger partial charge is 0.0900 e. The van der Waals surface area contributed by atoms with Crippen LogP contribution in [0.4, 0.5) is 0 Å². The summed E-state index contributed by atoms with van der Waals surface area (Å²) in [5.41, 5.74) is 1.25. The average molecular weight is 358 g/mol. The Morgan fingerprint density at radius 2 is 1.90 bits per heavy atom. The molecule has 120 valence electrons. The fourth-order valence-electron chi connectivity index (χ4n) is 2.37. The predicted octanol–water partition coefficient (Wildman–Crippen LogP) is 4.01. The van der Waals surface area contributed by atoms with E-state index in [1.807, 2.05) is 19.9 Å². The largest absolute Gasteiger partial charge is 0.389 e. The molecule has 2 atom stereocenters. The fraction of sp³-hybridized carbons (Fsp3) is 0.647. The second kappa shape index (κ2) is 9.57. The van der Waals surface area contributed by atoms with E-state index in [1.165, 1.54) is 5.56 Å². The second-order valence-electron chi connectivity index (χ2n) is 5.73. The summed E-state index contributed by atoms with van der Waals surface area (Å²) in [4.78, 5) is 2.31. The van der Waals surface area contributed by atoms with E-state index >= 15 is 0 Å². The normalized spacial score (nSPS) is 14.7.